The van der Waals surface area contributed by atoms with Crippen LogP contribution in [0.25, 0.3) is 5.69 Å². The summed E-state index contributed by atoms with van der Waals surface area (Å²) in [5.74, 6) is -0.612. The number of fused-ring (bicyclic) bond motifs is 1. The van der Waals surface area contributed by atoms with Crippen molar-refractivity contribution in [2.24, 2.45) is 0 Å². The minimum Gasteiger partial charge on any atom is -0.490 e. The Bertz CT molecular complexity index is 1400. The fourth-order valence-corrected chi connectivity index (χ4v) is 4.21. The van der Waals surface area contributed by atoms with Crippen molar-refractivity contribution < 1.29 is 23.0 Å². The van der Waals surface area contributed by atoms with Gasteiger partial charge in [0.05, 0.1) is 12.3 Å². The van der Waals surface area contributed by atoms with E-state index in [0.717, 1.165) is 35.4 Å². The highest BCUT2D eigenvalue weighted by atomic mass is 19.2. The molecule has 0 unspecified atom stereocenters. The first kappa shape index (κ1) is 23.5. The molecular weight excluding hydrogens is 466 g/mol. The van der Waals surface area contributed by atoms with Crippen molar-refractivity contribution in [3.8, 4) is 23.1 Å². The van der Waals surface area contributed by atoms with Gasteiger partial charge in [0.1, 0.15) is 0 Å². The van der Waals surface area contributed by atoms with Gasteiger partial charge in [0.25, 0.3) is 5.91 Å². The van der Waals surface area contributed by atoms with Gasteiger partial charge in [-0.05, 0) is 56.0 Å². The van der Waals surface area contributed by atoms with Crippen molar-refractivity contribution in [3.05, 3.63) is 94.9 Å². The first-order valence-electron chi connectivity index (χ1n) is 11.7. The zero-order chi connectivity index (χ0) is 25.1. The van der Waals surface area contributed by atoms with E-state index in [-0.39, 0.29) is 12.5 Å². The fourth-order valence-electron chi connectivity index (χ4n) is 4.21. The van der Waals surface area contributed by atoms with Gasteiger partial charge in [0.15, 0.2) is 28.8 Å². The molecule has 0 spiro atoms. The molecule has 2 aromatic heterocycles. The monoisotopic (exact) mass is 490 g/mol. The minimum atomic E-state index is -0.956. The molecule has 0 atom stereocenters. The molecule has 36 heavy (non-hydrogen) atoms. The maximum Gasteiger partial charge on any atom is 0.272 e. The van der Waals surface area contributed by atoms with Crippen LogP contribution in [0.15, 0.2) is 60.8 Å². The van der Waals surface area contributed by atoms with Crippen molar-refractivity contribution in [3.63, 3.8) is 0 Å². The average molecular weight is 491 g/mol. The molecule has 0 aliphatic heterocycles. The Morgan fingerprint density at radius 1 is 1.06 bits per heavy atom. The Morgan fingerprint density at radius 3 is 2.64 bits per heavy atom. The Balaban J connectivity index is 1.27. The normalized spacial score (nSPS) is 12.3. The predicted octanol–water partition coefficient (Wildman–Crippen LogP) is 5.16. The second-order valence-corrected chi connectivity index (χ2v) is 8.31. The van der Waals surface area contributed by atoms with Crippen molar-refractivity contribution >= 4 is 5.91 Å². The summed E-state index contributed by atoms with van der Waals surface area (Å²) in [6, 6.07) is 14.5. The molecule has 2 aromatic carbocycles. The number of para-hydroxylation sites is 2. The van der Waals surface area contributed by atoms with Crippen LogP contribution in [-0.4, -0.2) is 27.3 Å². The third-order valence-electron chi connectivity index (χ3n) is 5.91. The summed E-state index contributed by atoms with van der Waals surface area (Å²) in [4.78, 5) is 17.3. The fraction of sp³-hybridized carbons (Fsp3) is 0.222. The van der Waals surface area contributed by atoms with Crippen molar-refractivity contribution in [1.82, 2.24) is 20.1 Å². The number of rotatable bonds is 8. The molecule has 1 N–H and O–H groups in total. The van der Waals surface area contributed by atoms with Gasteiger partial charge in [-0.25, -0.2) is 18.4 Å². The number of aromatic nitrogens is 3. The van der Waals surface area contributed by atoms with Gasteiger partial charge in [-0.1, -0.05) is 18.2 Å². The van der Waals surface area contributed by atoms with Crippen molar-refractivity contribution in [2.45, 2.75) is 32.7 Å². The zero-order valence-electron chi connectivity index (χ0n) is 19.6. The highest BCUT2D eigenvalue weighted by Crippen LogP contribution is 2.31. The van der Waals surface area contributed by atoms with E-state index in [2.05, 4.69) is 15.4 Å². The summed E-state index contributed by atoms with van der Waals surface area (Å²) < 4.78 is 40.1. The number of amides is 1. The Hall–Kier alpha value is -4.27. The smallest absolute Gasteiger partial charge is 0.272 e. The zero-order valence-corrected chi connectivity index (χ0v) is 19.6. The van der Waals surface area contributed by atoms with Gasteiger partial charge in [-0.2, -0.15) is 5.10 Å². The number of ether oxygens (including phenoxy) is 2. The Kier molecular flexibility index (Phi) is 6.62. The molecule has 7 nitrogen and oxygen atoms in total. The van der Waals surface area contributed by atoms with Gasteiger partial charge < -0.3 is 14.8 Å². The summed E-state index contributed by atoms with van der Waals surface area (Å²) >= 11 is 0. The minimum absolute atomic E-state index is 0.244. The lowest BCUT2D eigenvalue weighted by atomic mass is 10.2. The molecule has 0 fully saturated rings. The van der Waals surface area contributed by atoms with E-state index in [4.69, 9.17) is 9.47 Å². The van der Waals surface area contributed by atoms with Gasteiger partial charge >= 0.3 is 0 Å². The molecule has 0 radical (unpaired) electrons. The number of halogens is 2. The lowest BCUT2D eigenvalue weighted by Gasteiger charge is -2.11. The van der Waals surface area contributed by atoms with Crippen LogP contribution in [0, 0.1) is 11.6 Å². The van der Waals surface area contributed by atoms with E-state index < -0.39 is 11.6 Å². The van der Waals surface area contributed by atoms with E-state index in [9.17, 15) is 13.6 Å². The Morgan fingerprint density at radius 2 is 1.89 bits per heavy atom. The lowest BCUT2D eigenvalue weighted by molar-refractivity contribution is 0.0944. The molecule has 5 rings (SSSR count). The molecular formula is C27H24F2N4O3. The van der Waals surface area contributed by atoms with Gasteiger partial charge in [-0.3, -0.25) is 4.79 Å². The van der Waals surface area contributed by atoms with Crippen LogP contribution >= 0.6 is 0 Å². The van der Waals surface area contributed by atoms with E-state index >= 15 is 0 Å². The maximum atomic E-state index is 13.8. The summed E-state index contributed by atoms with van der Waals surface area (Å²) in [6.45, 7) is 2.67. The molecule has 4 aromatic rings. The lowest BCUT2D eigenvalue weighted by Crippen LogP contribution is -2.24. The molecule has 0 bridgehead atoms. The highest BCUT2D eigenvalue weighted by molar-refractivity contribution is 5.94. The highest BCUT2D eigenvalue weighted by Gasteiger charge is 2.27. The predicted molar refractivity (Wildman–Crippen MR) is 129 cm³/mol. The third-order valence-corrected chi connectivity index (χ3v) is 5.91. The number of carbonyl (C=O) groups excluding carboxylic acids is 1. The number of carbonyl (C=O) groups is 1. The van der Waals surface area contributed by atoms with Gasteiger partial charge in [0.2, 0.25) is 5.88 Å². The molecule has 1 amide bonds. The summed E-state index contributed by atoms with van der Waals surface area (Å²) in [5, 5.41) is 7.31. The SMILES string of the molecule is CCOc1ccccc1Oc1ccc(CNC(=O)c2nn(-c3ccc(F)c(F)c3)c3c2CCC3)cn1. The van der Waals surface area contributed by atoms with E-state index in [1.165, 1.54) is 10.7 Å². The number of pyridine rings is 1. The van der Waals surface area contributed by atoms with Crippen LogP contribution in [0.5, 0.6) is 17.4 Å². The number of hydrogen-bond acceptors (Lipinski definition) is 5. The first-order valence-corrected chi connectivity index (χ1v) is 11.7. The third kappa shape index (κ3) is 4.77. The number of nitrogens with one attached hydrogen (secondary N) is 1. The molecule has 0 saturated carbocycles. The van der Waals surface area contributed by atoms with Crippen molar-refractivity contribution in [1.29, 1.82) is 0 Å². The summed E-state index contributed by atoms with van der Waals surface area (Å²) in [5.41, 5.74) is 3.16. The van der Waals surface area contributed by atoms with Crippen LogP contribution in [0.4, 0.5) is 8.78 Å². The topological polar surface area (TPSA) is 78.3 Å². The van der Waals surface area contributed by atoms with Crippen molar-refractivity contribution in [2.75, 3.05) is 6.61 Å². The quantitative estimate of drug-likeness (QED) is 0.369. The van der Waals surface area contributed by atoms with Crippen LogP contribution < -0.4 is 14.8 Å². The van der Waals surface area contributed by atoms with Gasteiger partial charge in [-0.15, -0.1) is 0 Å². The second kappa shape index (κ2) is 10.2. The number of nitrogens with zero attached hydrogens (tertiary/aromatic N) is 3. The maximum absolute atomic E-state index is 13.8. The van der Waals surface area contributed by atoms with Gasteiger partial charge in [0, 0.05) is 36.1 Å². The molecule has 1 aliphatic rings. The van der Waals surface area contributed by atoms with Crippen LogP contribution in [0.2, 0.25) is 0 Å². The molecule has 2 heterocycles. The average Bonchev–Trinajstić information content (AvgIpc) is 3.50. The number of hydrogen-bond donors (Lipinski definition) is 1. The number of benzene rings is 2. The van der Waals surface area contributed by atoms with E-state index in [1.807, 2.05) is 31.2 Å². The molecule has 184 valence electrons. The molecule has 9 heteroatoms. The largest absolute Gasteiger partial charge is 0.490 e. The summed E-state index contributed by atoms with van der Waals surface area (Å²) in [7, 11) is 0. The van der Waals surface area contributed by atoms with Crippen LogP contribution in [-0.2, 0) is 19.4 Å². The van der Waals surface area contributed by atoms with Crippen LogP contribution in [0.1, 0.15) is 40.7 Å². The molecule has 1 aliphatic carbocycles. The standard InChI is InChI=1S/C27H24F2N4O3/c1-2-35-23-8-3-4-9-24(23)36-25-13-10-17(15-30-25)16-31-27(34)26-19-6-5-7-22(19)33(32-26)18-11-12-20(28)21(29)14-18/h3-4,8-15H,2,5-7,16H2,1H3,(H,31,34). The second-order valence-electron chi connectivity index (χ2n) is 8.31. The van der Waals surface area contributed by atoms with E-state index in [1.54, 1.807) is 18.3 Å². The van der Waals surface area contributed by atoms with E-state index in [0.29, 0.717) is 48.2 Å². The Labute approximate surface area is 206 Å². The first-order chi connectivity index (χ1) is 17.5. The molecule has 0 saturated heterocycles. The summed E-state index contributed by atoms with van der Waals surface area (Å²) in [6.07, 6.45) is 3.92. The van der Waals surface area contributed by atoms with Crippen LogP contribution in [0.3, 0.4) is 0 Å².